The number of nitrogens with one attached hydrogen (secondary N) is 1. The first kappa shape index (κ1) is 10.5. The van der Waals surface area contributed by atoms with Crippen LogP contribution in [0, 0.1) is 23.2 Å². The van der Waals surface area contributed by atoms with Crippen LogP contribution >= 0.6 is 0 Å². The van der Waals surface area contributed by atoms with Gasteiger partial charge < -0.3 is 5.32 Å². The van der Waals surface area contributed by atoms with E-state index in [0.29, 0.717) is 5.41 Å². The molecule has 2 rings (SSSR count). The average Bonchev–Trinajstić information content (AvgIpc) is 2.91. The number of rotatable bonds is 3. The van der Waals surface area contributed by atoms with Crippen molar-refractivity contribution in [1.82, 2.24) is 5.32 Å². The van der Waals surface area contributed by atoms with E-state index in [1.165, 1.54) is 38.8 Å². The summed E-state index contributed by atoms with van der Waals surface area (Å²) in [5.41, 5.74) is 0.676. The molecule has 2 atom stereocenters. The first-order chi connectivity index (χ1) is 6.63. The van der Waals surface area contributed by atoms with Crippen molar-refractivity contribution in [3.63, 3.8) is 0 Å². The molecule has 0 aromatic carbocycles. The Labute approximate surface area is 88.7 Å². The molecular formula is C13H25N. The van der Waals surface area contributed by atoms with Crippen LogP contribution in [0.4, 0.5) is 0 Å². The van der Waals surface area contributed by atoms with Gasteiger partial charge in [0.25, 0.3) is 0 Å². The van der Waals surface area contributed by atoms with E-state index in [9.17, 15) is 0 Å². The smallest absolute Gasteiger partial charge is 0.00151 e. The maximum atomic E-state index is 3.58. The quantitative estimate of drug-likeness (QED) is 0.730. The molecule has 82 valence electrons. The van der Waals surface area contributed by atoms with Crippen LogP contribution in [0.15, 0.2) is 0 Å². The van der Waals surface area contributed by atoms with Gasteiger partial charge in [-0.15, -0.1) is 0 Å². The average molecular weight is 195 g/mol. The molecule has 0 aromatic rings. The molecule has 0 spiro atoms. The summed E-state index contributed by atoms with van der Waals surface area (Å²) in [6.07, 6.45) is 5.84. The Morgan fingerprint density at radius 2 is 2.07 bits per heavy atom. The van der Waals surface area contributed by atoms with Crippen LogP contribution < -0.4 is 5.32 Å². The van der Waals surface area contributed by atoms with E-state index in [1.807, 2.05) is 0 Å². The molecule has 2 fully saturated rings. The van der Waals surface area contributed by atoms with Gasteiger partial charge in [-0.3, -0.25) is 0 Å². The zero-order chi connectivity index (χ0) is 10.2. The van der Waals surface area contributed by atoms with Crippen molar-refractivity contribution in [2.45, 2.75) is 46.5 Å². The second kappa shape index (κ2) is 3.84. The summed E-state index contributed by atoms with van der Waals surface area (Å²) in [6, 6.07) is 0. The Balaban J connectivity index is 2.02. The molecule has 0 radical (unpaired) electrons. The van der Waals surface area contributed by atoms with Gasteiger partial charge in [0.1, 0.15) is 0 Å². The summed E-state index contributed by atoms with van der Waals surface area (Å²) in [5, 5.41) is 3.58. The highest BCUT2D eigenvalue weighted by Crippen LogP contribution is 2.54. The van der Waals surface area contributed by atoms with Gasteiger partial charge >= 0.3 is 0 Å². The molecule has 1 saturated heterocycles. The molecule has 1 heterocycles. The summed E-state index contributed by atoms with van der Waals surface area (Å²) in [5.74, 6) is 2.86. The normalized spacial score (nSPS) is 39.0. The third-order valence-electron chi connectivity index (χ3n) is 4.43. The summed E-state index contributed by atoms with van der Waals surface area (Å²) >= 11 is 0. The standard InChI is InChI=1S/C13H25N/c1-10(2)8-12-9-14-7-6-13(12,3)11-4-5-11/h10-12,14H,4-9H2,1-3H3. The molecule has 1 nitrogen and oxygen atoms in total. The van der Waals surface area contributed by atoms with Gasteiger partial charge in [0.2, 0.25) is 0 Å². The zero-order valence-electron chi connectivity index (χ0n) is 9.97. The molecule has 2 unspecified atom stereocenters. The lowest BCUT2D eigenvalue weighted by Gasteiger charge is -2.43. The van der Waals surface area contributed by atoms with Crippen LogP contribution in [-0.2, 0) is 0 Å². The van der Waals surface area contributed by atoms with Gasteiger partial charge in [-0.25, -0.2) is 0 Å². The summed E-state index contributed by atoms with van der Waals surface area (Å²) in [6.45, 7) is 9.80. The molecular weight excluding hydrogens is 170 g/mol. The third-order valence-corrected chi connectivity index (χ3v) is 4.43. The summed E-state index contributed by atoms with van der Waals surface area (Å²) in [7, 11) is 0. The molecule has 1 aliphatic heterocycles. The fourth-order valence-electron chi connectivity index (χ4n) is 3.27. The fraction of sp³-hybridized carbons (Fsp3) is 1.00. The zero-order valence-corrected chi connectivity index (χ0v) is 9.97. The second-order valence-electron chi connectivity index (χ2n) is 6.06. The van der Waals surface area contributed by atoms with Gasteiger partial charge in [-0.2, -0.15) is 0 Å². The van der Waals surface area contributed by atoms with Crippen LogP contribution in [0.25, 0.3) is 0 Å². The summed E-state index contributed by atoms with van der Waals surface area (Å²) < 4.78 is 0. The van der Waals surface area contributed by atoms with Gasteiger partial charge in [-0.05, 0) is 61.9 Å². The Morgan fingerprint density at radius 3 is 2.64 bits per heavy atom. The Morgan fingerprint density at radius 1 is 1.36 bits per heavy atom. The van der Waals surface area contributed by atoms with Crippen molar-refractivity contribution < 1.29 is 0 Å². The molecule has 1 heteroatoms. The molecule has 1 N–H and O–H groups in total. The molecule has 0 bridgehead atoms. The van der Waals surface area contributed by atoms with E-state index in [4.69, 9.17) is 0 Å². The molecule has 1 saturated carbocycles. The van der Waals surface area contributed by atoms with Gasteiger partial charge in [0, 0.05) is 0 Å². The van der Waals surface area contributed by atoms with Gasteiger partial charge in [0.05, 0.1) is 0 Å². The Kier molecular flexibility index (Phi) is 2.88. The van der Waals surface area contributed by atoms with Crippen molar-refractivity contribution in [1.29, 1.82) is 0 Å². The number of hydrogen-bond acceptors (Lipinski definition) is 1. The largest absolute Gasteiger partial charge is 0.316 e. The molecule has 14 heavy (non-hydrogen) atoms. The van der Waals surface area contributed by atoms with Crippen molar-refractivity contribution >= 4 is 0 Å². The van der Waals surface area contributed by atoms with Gasteiger partial charge in [-0.1, -0.05) is 20.8 Å². The molecule has 0 amide bonds. The first-order valence-electron chi connectivity index (χ1n) is 6.33. The van der Waals surface area contributed by atoms with E-state index < -0.39 is 0 Å². The maximum Gasteiger partial charge on any atom is -0.00151 e. The Bertz CT molecular complexity index is 195. The highest BCUT2D eigenvalue weighted by molar-refractivity contribution is 4.98. The summed E-state index contributed by atoms with van der Waals surface area (Å²) in [4.78, 5) is 0. The van der Waals surface area contributed by atoms with Crippen LogP contribution in [0.1, 0.15) is 46.5 Å². The minimum Gasteiger partial charge on any atom is -0.316 e. The molecule has 1 aliphatic carbocycles. The minimum atomic E-state index is 0.676. The lowest BCUT2D eigenvalue weighted by Crippen LogP contribution is -2.45. The van der Waals surface area contributed by atoms with Crippen molar-refractivity contribution in [2.75, 3.05) is 13.1 Å². The van der Waals surface area contributed by atoms with E-state index in [2.05, 4.69) is 26.1 Å². The monoisotopic (exact) mass is 195 g/mol. The van der Waals surface area contributed by atoms with Crippen LogP contribution in [0.3, 0.4) is 0 Å². The van der Waals surface area contributed by atoms with E-state index >= 15 is 0 Å². The predicted octanol–water partition coefficient (Wildman–Crippen LogP) is 3.06. The van der Waals surface area contributed by atoms with E-state index in [0.717, 1.165) is 17.8 Å². The first-order valence-corrected chi connectivity index (χ1v) is 6.33. The second-order valence-corrected chi connectivity index (χ2v) is 6.06. The van der Waals surface area contributed by atoms with E-state index in [1.54, 1.807) is 0 Å². The highest BCUT2D eigenvalue weighted by atomic mass is 14.9. The van der Waals surface area contributed by atoms with E-state index in [-0.39, 0.29) is 0 Å². The number of piperidine rings is 1. The Hall–Kier alpha value is -0.0400. The highest BCUT2D eigenvalue weighted by Gasteiger charge is 2.47. The molecule has 2 aliphatic rings. The van der Waals surface area contributed by atoms with Crippen molar-refractivity contribution in [3.05, 3.63) is 0 Å². The van der Waals surface area contributed by atoms with Crippen molar-refractivity contribution in [2.24, 2.45) is 23.2 Å². The molecule has 0 aromatic heterocycles. The van der Waals surface area contributed by atoms with Crippen LogP contribution in [-0.4, -0.2) is 13.1 Å². The van der Waals surface area contributed by atoms with Crippen LogP contribution in [0.5, 0.6) is 0 Å². The van der Waals surface area contributed by atoms with Gasteiger partial charge in [0.15, 0.2) is 0 Å². The lowest BCUT2D eigenvalue weighted by molar-refractivity contribution is 0.0842. The number of hydrogen-bond donors (Lipinski definition) is 1. The minimum absolute atomic E-state index is 0.676. The predicted molar refractivity (Wildman–Crippen MR) is 61.3 cm³/mol. The fourth-order valence-corrected chi connectivity index (χ4v) is 3.27. The lowest BCUT2D eigenvalue weighted by atomic mass is 9.66. The maximum absolute atomic E-state index is 3.58. The van der Waals surface area contributed by atoms with Crippen molar-refractivity contribution in [3.8, 4) is 0 Å². The topological polar surface area (TPSA) is 12.0 Å². The third kappa shape index (κ3) is 1.98. The van der Waals surface area contributed by atoms with Crippen LogP contribution in [0.2, 0.25) is 0 Å². The SMILES string of the molecule is CC(C)CC1CNCCC1(C)C1CC1.